The number of phenolic OH excluding ortho intramolecular Hbond substituents is 1. The summed E-state index contributed by atoms with van der Waals surface area (Å²) in [5.74, 6) is -0.00379. The molecule has 1 aromatic rings. The molecule has 18 heavy (non-hydrogen) atoms. The molecule has 0 atom stereocenters. The molecule has 0 unspecified atom stereocenters. The van der Waals surface area contributed by atoms with Crippen LogP contribution in [-0.4, -0.2) is 31.9 Å². The van der Waals surface area contributed by atoms with Crippen LogP contribution in [0.5, 0.6) is 17.2 Å². The van der Waals surface area contributed by atoms with Gasteiger partial charge in [-0.15, -0.1) is 0 Å². The van der Waals surface area contributed by atoms with E-state index in [1.165, 1.54) is 26.4 Å². The van der Waals surface area contributed by atoms with Gasteiger partial charge in [0.05, 0.1) is 20.8 Å². The summed E-state index contributed by atoms with van der Waals surface area (Å²) in [6.45, 7) is 2.04. The van der Waals surface area contributed by atoms with Crippen molar-refractivity contribution in [2.75, 3.05) is 20.8 Å². The fourth-order valence-electron chi connectivity index (χ4n) is 1.43. The molecule has 0 saturated heterocycles. The summed E-state index contributed by atoms with van der Waals surface area (Å²) in [6, 6.07) is 3.26. The molecule has 0 aromatic heterocycles. The average molecular weight is 252 g/mol. The van der Waals surface area contributed by atoms with Crippen LogP contribution in [0, 0.1) is 0 Å². The van der Waals surface area contributed by atoms with Crippen LogP contribution in [0.15, 0.2) is 18.2 Å². The van der Waals surface area contributed by atoms with Crippen molar-refractivity contribution in [3.8, 4) is 17.2 Å². The molecule has 0 saturated carbocycles. The lowest BCUT2D eigenvalue weighted by Gasteiger charge is -2.10. The molecule has 0 fully saturated rings. The maximum Gasteiger partial charge on any atom is 0.330 e. The van der Waals surface area contributed by atoms with E-state index in [1.807, 2.05) is 0 Å². The van der Waals surface area contributed by atoms with Crippen molar-refractivity contribution in [1.82, 2.24) is 0 Å². The molecule has 0 amide bonds. The number of benzene rings is 1. The van der Waals surface area contributed by atoms with Crippen LogP contribution in [-0.2, 0) is 9.53 Å². The summed E-state index contributed by atoms with van der Waals surface area (Å²) < 4.78 is 14.8. The number of rotatable bonds is 5. The highest BCUT2D eigenvalue weighted by molar-refractivity contribution is 5.88. The van der Waals surface area contributed by atoms with Gasteiger partial charge in [0.15, 0.2) is 11.5 Å². The molecule has 98 valence electrons. The van der Waals surface area contributed by atoms with Crippen molar-refractivity contribution < 1.29 is 24.1 Å². The van der Waals surface area contributed by atoms with Gasteiger partial charge in [-0.05, 0) is 25.1 Å². The van der Waals surface area contributed by atoms with Gasteiger partial charge in [-0.1, -0.05) is 0 Å². The van der Waals surface area contributed by atoms with Gasteiger partial charge in [0.2, 0.25) is 5.75 Å². The quantitative estimate of drug-likeness (QED) is 0.641. The standard InChI is InChI=1S/C13H16O5/c1-4-18-11(14)8-6-9-5-7-10(16-2)12(15)13(9)17-3/h5-8,15H,4H2,1-3H3. The lowest BCUT2D eigenvalue weighted by molar-refractivity contribution is -0.137. The number of aromatic hydroxyl groups is 1. The highest BCUT2D eigenvalue weighted by Gasteiger charge is 2.12. The third-order valence-electron chi connectivity index (χ3n) is 2.23. The second kappa shape index (κ2) is 6.54. The van der Waals surface area contributed by atoms with E-state index in [0.29, 0.717) is 17.9 Å². The second-order valence-electron chi connectivity index (χ2n) is 3.32. The zero-order valence-electron chi connectivity index (χ0n) is 10.6. The third kappa shape index (κ3) is 3.16. The van der Waals surface area contributed by atoms with Crippen molar-refractivity contribution in [3.05, 3.63) is 23.8 Å². The van der Waals surface area contributed by atoms with Crippen LogP contribution in [0.1, 0.15) is 12.5 Å². The first-order chi connectivity index (χ1) is 8.63. The predicted molar refractivity (Wildman–Crippen MR) is 66.9 cm³/mol. The molecule has 5 nitrogen and oxygen atoms in total. The minimum absolute atomic E-state index is 0.106. The van der Waals surface area contributed by atoms with Crippen molar-refractivity contribution in [2.24, 2.45) is 0 Å². The maximum atomic E-state index is 11.2. The minimum atomic E-state index is -0.449. The van der Waals surface area contributed by atoms with Crippen LogP contribution < -0.4 is 9.47 Å². The highest BCUT2D eigenvalue weighted by Crippen LogP contribution is 2.39. The molecule has 5 heteroatoms. The van der Waals surface area contributed by atoms with Gasteiger partial charge in [-0.25, -0.2) is 4.79 Å². The van der Waals surface area contributed by atoms with Crippen molar-refractivity contribution >= 4 is 12.0 Å². The summed E-state index contributed by atoms with van der Waals surface area (Å²) in [5, 5.41) is 9.84. The normalized spacial score (nSPS) is 10.4. The largest absolute Gasteiger partial charge is 0.502 e. The van der Waals surface area contributed by atoms with E-state index in [4.69, 9.17) is 14.2 Å². The Kier molecular flexibility index (Phi) is 5.05. The number of hydrogen-bond acceptors (Lipinski definition) is 5. The Hall–Kier alpha value is -2.17. The molecule has 0 spiro atoms. The van der Waals surface area contributed by atoms with Gasteiger partial charge < -0.3 is 19.3 Å². The highest BCUT2D eigenvalue weighted by atomic mass is 16.5. The monoisotopic (exact) mass is 252 g/mol. The first kappa shape index (κ1) is 13.9. The summed E-state index contributed by atoms with van der Waals surface area (Å²) in [6.07, 6.45) is 2.78. The lowest BCUT2D eigenvalue weighted by Crippen LogP contribution is -1.99. The van der Waals surface area contributed by atoms with E-state index >= 15 is 0 Å². The summed E-state index contributed by atoms with van der Waals surface area (Å²) in [4.78, 5) is 11.2. The number of carbonyl (C=O) groups is 1. The minimum Gasteiger partial charge on any atom is -0.502 e. The maximum absolute atomic E-state index is 11.2. The van der Waals surface area contributed by atoms with Crippen molar-refractivity contribution in [1.29, 1.82) is 0 Å². The number of carbonyl (C=O) groups excluding carboxylic acids is 1. The van der Waals surface area contributed by atoms with Gasteiger partial charge in [-0.2, -0.15) is 0 Å². The Balaban J connectivity index is 3.03. The number of esters is 1. The number of phenols is 1. The van der Waals surface area contributed by atoms with Crippen LogP contribution in [0.2, 0.25) is 0 Å². The van der Waals surface area contributed by atoms with E-state index < -0.39 is 5.97 Å². The average Bonchev–Trinajstić information content (AvgIpc) is 2.36. The molecule has 1 aromatic carbocycles. The molecule has 0 aliphatic carbocycles. The summed E-state index contributed by atoms with van der Waals surface area (Å²) in [7, 11) is 2.87. The van der Waals surface area contributed by atoms with E-state index in [0.717, 1.165) is 0 Å². The number of ether oxygens (including phenoxy) is 3. The molecule has 1 rings (SSSR count). The second-order valence-corrected chi connectivity index (χ2v) is 3.32. The molecular formula is C13H16O5. The van der Waals surface area contributed by atoms with E-state index in [9.17, 15) is 9.90 Å². The Bertz CT molecular complexity index is 451. The van der Waals surface area contributed by atoms with Crippen molar-refractivity contribution in [2.45, 2.75) is 6.92 Å². The number of hydrogen-bond donors (Lipinski definition) is 1. The van der Waals surface area contributed by atoms with Crippen LogP contribution >= 0.6 is 0 Å². The van der Waals surface area contributed by atoms with Crippen LogP contribution in [0.3, 0.4) is 0 Å². The number of methoxy groups -OCH3 is 2. The fourth-order valence-corrected chi connectivity index (χ4v) is 1.43. The molecule has 1 N–H and O–H groups in total. The van der Waals surface area contributed by atoms with Gasteiger partial charge in [0.25, 0.3) is 0 Å². The zero-order chi connectivity index (χ0) is 13.5. The Morgan fingerprint density at radius 1 is 1.33 bits per heavy atom. The summed E-state index contributed by atoms with van der Waals surface area (Å²) in [5.41, 5.74) is 0.559. The first-order valence-electron chi connectivity index (χ1n) is 5.42. The van der Waals surface area contributed by atoms with Crippen LogP contribution in [0.4, 0.5) is 0 Å². The third-order valence-corrected chi connectivity index (χ3v) is 2.23. The Morgan fingerprint density at radius 3 is 2.61 bits per heavy atom. The molecule has 0 heterocycles. The molecule has 0 bridgehead atoms. The first-order valence-corrected chi connectivity index (χ1v) is 5.42. The van der Waals surface area contributed by atoms with Gasteiger partial charge >= 0.3 is 5.97 Å². The summed E-state index contributed by atoms with van der Waals surface area (Å²) >= 11 is 0. The Morgan fingerprint density at radius 2 is 2.06 bits per heavy atom. The SMILES string of the molecule is CCOC(=O)C=Cc1ccc(OC)c(O)c1OC. The smallest absolute Gasteiger partial charge is 0.330 e. The van der Waals surface area contributed by atoms with Gasteiger partial charge in [-0.3, -0.25) is 0 Å². The van der Waals surface area contributed by atoms with E-state index in [1.54, 1.807) is 19.1 Å². The fraction of sp³-hybridized carbons (Fsp3) is 0.308. The van der Waals surface area contributed by atoms with E-state index in [-0.39, 0.29) is 11.5 Å². The van der Waals surface area contributed by atoms with Crippen LogP contribution in [0.25, 0.3) is 6.08 Å². The molecule has 0 aliphatic heterocycles. The molecule has 0 aliphatic rings. The lowest BCUT2D eigenvalue weighted by atomic mass is 10.1. The van der Waals surface area contributed by atoms with Gasteiger partial charge in [0, 0.05) is 11.6 Å². The topological polar surface area (TPSA) is 65.0 Å². The van der Waals surface area contributed by atoms with Crippen molar-refractivity contribution in [3.63, 3.8) is 0 Å². The molecule has 0 radical (unpaired) electrons. The van der Waals surface area contributed by atoms with Gasteiger partial charge in [0.1, 0.15) is 0 Å². The zero-order valence-corrected chi connectivity index (χ0v) is 10.6. The predicted octanol–water partition coefficient (Wildman–Crippen LogP) is 1.99. The Labute approximate surface area is 106 Å². The van der Waals surface area contributed by atoms with E-state index in [2.05, 4.69) is 0 Å². The molecular weight excluding hydrogens is 236 g/mol.